The number of hydrogen-bond acceptors (Lipinski definition) is 2. The van der Waals surface area contributed by atoms with Crippen molar-refractivity contribution in [1.82, 2.24) is 10.6 Å². The summed E-state index contributed by atoms with van der Waals surface area (Å²) in [5, 5.41) is 5.81. The first-order valence-corrected chi connectivity index (χ1v) is 8.11. The van der Waals surface area contributed by atoms with Crippen LogP contribution in [-0.2, 0) is 16.0 Å². The molecular formula is C18H26N2O2. The molecule has 1 aromatic carbocycles. The van der Waals surface area contributed by atoms with E-state index >= 15 is 0 Å². The predicted molar refractivity (Wildman–Crippen MR) is 87.6 cm³/mol. The molecule has 2 amide bonds. The molecule has 0 spiro atoms. The average Bonchev–Trinajstić information content (AvgIpc) is 2.95. The second-order valence-corrected chi connectivity index (χ2v) is 6.39. The molecule has 0 aliphatic heterocycles. The van der Waals surface area contributed by atoms with Gasteiger partial charge in [0.2, 0.25) is 11.8 Å². The third kappa shape index (κ3) is 4.58. The van der Waals surface area contributed by atoms with Crippen molar-refractivity contribution >= 4 is 11.8 Å². The van der Waals surface area contributed by atoms with Gasteiger partial charge in [-0.2, -0.15) is 0 Å². The average molecular weight is 302 g/mol. The van der Waals surface area contributed by atoms with Crippen LogP contribution in [0.4, 0.5) is 0 Å². The van der Waals surface area contributed by atoms with Gasteiger partial charge in [-0.1, -0.05) is 36.6 Å². The summed E-state index contributed by atoms with van der Waals surface area (Å²) in [7, 11) is 0. The van der Waals surface area contributed by atoms with Gasteiger partial charge in [0, 0.05) is 6.04 Å². The van der Waals surface area contributed by atoms with Crippen molar-refractivity contribution in [3.05, 3.63) is 34.9 Å². The molecule has 0 heterocycles. The minimum Gasteiger partial charge on any atom is -0.352 e. The van der Waals surface area contributed by atoms with E-state index in [4.69, 9.17) is 0 Å². The molecule has 1 atom stereocenters. The van der Waals surface area contributed by atoms with Gasteiger partial charge in [0.05, 0.1) is 6.42 Å². The number of carbonyl (C=O) groups excluding carboxylic acids is 2. The molecule has 2 N–H and O–H groups in total. The maximum Gasteiger partial charge on any atom is 0.242 e. The van der Waals surface area contributed by atoms with Crippen LogP contribution in [0.1, 0.15) is 49.3 Å². The molecule has 22 heavy (non-hydrogen) atoms. The Hall–Kier alpha value is -1.84. The summed E-state index contributed by atoms with van der Waals surface area (Å²) in [6, 6.07) is 5.88. The zero-order valence-electron chi connectivity index (χ0n) is 13.7. The topological polar surface area (TPSA) is 58.2 Å². The summed E-state index contributed by atoms with van der Waals surface area (Å²) in [6.07, 6.45) is 4.77. The second kappa shape index (κ2) is 7.43. The molecule has 1 saturated carbocycles. The van der Waals surface area contributed by atoms with Crippen molar-refractivity contribution < 1.29 is 9.59 Å². The lowest BCUT2D eigenvalue weighted by Crippen LogP contribution is -2.47. The molecule has 4 heteroatoms. The minimum absolute atomic E-state index is 0.0822. The van der Waals surface area contributed by atoms with E-state index < -0.39 is 6.04 Å². The first-order chi connectivity index (χ1) is 10.5. The van der Waals surface area contributed by atoms with Crippen molar-refractivity contribution in [2.45, 2.75) is 65.0 Å². The first-order valence-electron chi connectivity index (χ1n) is 8.11. The van der Waals surface area contributed by atoms with Gasteiger partial charge in [0.25, 0.3) is 0 Å². The van der Waals surface area contributed by atoms with Crippen LogP contribution in [0.15, 0.2) is 18.2 Å². The molecule has 0 unspecified atom stereocenters. The molecule has 1 aliphatic rings. The maximum atomic E-state index is 12.1. The van der Waals surface area contributed by atoms with Crippen LogP contribution in [0.3, 0.4) is 0 Å². The third-order valence-corrected chi connectivity index (χ3v) is 4.33. The normalized spacial score (nSPS) is 16.3. The fourth-order valence-corrected chi connectivity index (χ4v) is 2.92. The van der Waals surface area contributed by atoms with Crippen LogP contribution in [-0.4, -0.2) is 23.9 Å². The molecule has 1 aliphatic carbocycles. The summed E-state index contributed by atoms with van der Waals surface area (Å²) < 4.78 is 0. The van der Waals surface area contributed by atoms with E-state index in [2.05, 4.69) is 10.6 Å². The minimum atomic E-state index is -0.488. The second-order valence-electron chi connectivity index (χ2n) is 6.39. The van der Waals surface area contributed by atoms with Crippen molar-refractivity contribution in [2.75, 3.05) is 0 Å². The Bertz CT molecular complexity index is 548. The highest BCUT2D eigenvalue weighted by atomic mass is 16.2. The van der Waals surface area contributed by atoms with E-state index in [0.717, 1.165) is 29.5 Å². The van der Waals surface area contributed by atoms with Gasteiger partial charge in [-0.3, -0.25) is 9.59 Å². The number of carbonyl (C=O) groups is 2. The van der Waals surface area contributed by atoms with Gasteiger partial charge >= 0.3 is 0 Å². The highest BCUT2D eigenvalue weighted by molar-refractivity contribution is 5.88. The summed E-state index contributed by atoms with van der Waals surface area (Å²) in [6.45, 7) is 5.75. The van der Waals surface area contributed by atoms with E-state index in [1.54, 1.807) is 6.92 Å². The zero-order chi connectivity index (χ0) is 16.1. The Labute approximate surface area is 132 Å². The van der Waals surface area contributed by atoms with Gasteiger partial charge in [-0.15, -0.1) is 0 Å². The molecule has 0 radical (unpaired) electrons. The summed E-state index contributed by atoms with van der Waals surface area (Å²) >= 11 is 0. The highest BCUT2D eigenvalue weighted by Crippen LogP contribution is 2.17. The fraction of sp³-hybridized carbons (Fsp3) is 0.556. The number of hydrogen-bond donors (Lipinski definition) is 2. The van der Waals surface area contributed by atoms with E-state index in [1.165, 1.54) is 12.8 Å². The number of amides is 2. The summed E-state index contributed by atoms with van der Waals surface area (Å²) in [5.74, 6) is -0.191. The van der Waals surface area contributed by atoms with Gasteiger partial charge < -0.3 is 10.6 Å². The van der Waals surface area contributed by atoms with Gasteiger partial charge in [-0.05, 0) is 44.7 Å². The standard InChI is InChI=1S/C18H26N2O2/c1-12-8-9-13(2)15(10-12)11-17(21)19-14(3)18(22)20-16-6-4-5-7-16/h8-10,14,16H,4-7,11H2,1-3H3,(H,19,21)(H,20,22)/t14-/m1/s1. The van der Waals surface area contributed by atoms with Crippen LogP contribution < -0.4 is 10.6 Å². The van der Waals surface area contributed by atoms with Crippen molar-refractivity contribution in [3.8, 4) is 0 Å². The van der Waals surface area contributed by atoms with E-state index in [9.17, 15) is 9.59 Å². The zero-order valence-corrected chi connectivity index (χ0v) is 13.7. The molecule has 0 bridgehead atoms. The Morgan fingerprint density at radius 1 is 1.23 bits per heavy atom. The Kier molecular flexibility index (Phi) is 5.58. The maximum absolute atomic E-state index is 12.1. The molecule has 1 fully saturated rings. The molecule has 0 saturated heterocycles. The van der Waals surface area contributed by atoms with Crippen LogP contribution >= 0.6 is 0 Å². The molecule has 2 rings (SSSR count). The van der Waals surface area contributed by atoms with E-state index in [1.807, 2.05) is 32.0 Å². The number of benzene rings is 1. The highest BCUT2D eigenvalue weighted by Gasteiger charge is 2.21. The van der Waals surface area contributed by atoms with Crippen LogP contribution in [0.5, 0.6) is 0 Å². The third-order valence-electron chi connectivity index (χ3n) is 4.33. The lowest BCUT2D eigenvalue weighted by molar-refractivity contribution is -0.128. The molecule has 4 nitrogen and oxygen atoms in total. The van der Waals surface area contributed by atoms with Crippen LogP contribution in [0.25, 0.3) is 0 Å². The Balaban J connectivity index is 1.85. The van der Waals surface area contributed by atoms with E-state index in [-0.39, 0.29) is 17.9 Å². The SMILES string of the molecule is Cc1ccc(C)c(CC(=O)N[C@H](C)C(=O)NC2CCCC2)c1. The number of rotatable bonds is 5. The predicted octanol–water partition coefficient (Wildman–Crippen LogP) is 2.41. The van der Waals surface area contributed by atoms with Crippen LogP contribution in [0.2, 0.25) is 0 Å². The Morgan fingerprint density at radius 2 is 1.91 bits per heavy atom. The fourth-order valence-electron chi connectivity index (χ4n) is 2.92. The molecular weight excluding hydrogens is 276 g/mol. The van der Waals surface area contributed by atoms with Gasteiger partial charge in [0.15, 0.2) is 0 Å². The first kappa shape index (κ1) is 16.5. The molecule has 0 aromatic heterocycles. The smallest absolute Gasteiger partial charge is 0.242 e. The number of aryl methyl sites for hydroxylation is 2. The largest absolute Gasteiger partial charge is 0.352 e. The molecule has 120 valence electrons. The summed E-state index contributed by atoms with van der Waals surface area (Å²) in [4.78, 5) is 24.2. The lowest BCUT2D eigenvalue weighted by Gasteiger charge is -2.18. The quantitative estimate of drug-likeness (QED) is 0.877. The van der Waals surface area contributed by atoms with Crippen LogP contribution in [0, 0.1) is 13.8 Å². The van der Waals surface area contributed by atoms with Crippen molar-refractivity contribution in [2.24, 2.45) is 0 Å². The number of nitrogens with one attached hydrogen (secondary N) is 2. The Morgan fingerprint density at radius 3 is 2.59 bits per heavy atom. The van der Waals surface area contributed by atoms with E-state index in [0.29, 0.717) is 6.42 Å². The molecule has 1 aromatic rings. The van der Waals surface area contributed by atoms with Gasteiger partial charge in [0.1, 0.15) is 6.04 Å². The van der Waals surface area contributed by atoms with Crippen molar-refractivity contribution in [1.29, 1.82) is 0 Å². The van der Waals surface area contributed by atoms with Crippen molar-refractivity contribution in [3.63, 3.8) is 0 Å². The lowest BCUT2D eigenvalue weighted by atomic mass is 10.0. The monoisotopic (exact) mass is 302 g/mol. The summed E-state index contributed by atoms with van der Waals surface area (Å²) in [5.41, 5.74) is 3.25. The van der Waals surface area contributed by atoms with Gasteiger partial charge in [-0.25, -0.2) is 0 Å².